The van der Waals surface area contributed by atoms with Crippen molar-refractivity contribution in [1.82, 2.24) is 9.80 Å². The molecule has 2 amide bonds. The van der Waals surface area contributed by atoms with E-state index in [0.717, 1.165) is 54.9 Å². The van der Waals surface area contributed by atoms with E-state index >= 15 is 0 Å². The number of unbranched alkanes of at least 4 members (excludes halogenated alkanes) is 2. The van der Waals surface area contributed by atoms with Gasteiger partial charge in [0.1, 0.15) is 31.5 Å². The SMILES string of the molecule is CC(=O)OC(C)=O.CCCCOC[C@H]([C@@H]1CC[C@@H](N=[N+]=[N-])[C@@H](O[C@H]2[C@H](O)[C@@H](O)[C@H](N=[N+]=[N-])C[C@@H]2N=[N+]=[N-])O1)N(Cc1ccccc1)C(=O)OCc1ccccc1.CCCCOC[C@H]([C@@H]1CC[C@@H](N=[N+]=[N-])[C@@H](O[C@H]2[C@H](O)[C@@H](OC(C)=O)[C@H](N=[N+]=[N-])C[C@@H]2N=[N+]=[N-])O1)N(Cc1ccccc1)C(=O)OCc1ccccc1. The average molecular weight is 1500 g/mol. The summed E-state index contributed by atoms with van der Waals surface area (Å²) in [6, 6.07) is 30.0. The lowest BCUT2D eigenvalue weighted by atomic mass is 9.84. The van der Waals surface area contributed by atoms with Crippen LogP contribution in [0.15, 0.2) is 152 Å². The van der Waals surface area contributed by atoms with Crippen LogP contribution in [0.2, 0.25) is 0 Å². The zero-order valence-electron chi connectivity index (χ0n) is 60.6. The van der Waals surface area contributed by atoms with Crippen LogP contribution in [0.4, 0.5) is 9.59 Å². The van der Waals surface area contributed by atoms with Gasteiger partial charge in [0.05, 0.1) is 92.1 Å². The molecule has 8 rings (SSSR count). The second kappa shape index (κ2) is 47.3. The van der Waals surface area contributed by atoms with E-state index in [-0.39, 0.29) is 65.2 Å². The molecule has 4 aromatic carbocycles. The van der Waals surface area contributed by atoms with Crippen LogP contribution in [0.25, 0.3) is 62.7 Å². The number of ether oxygens (including phenoxy) is 10. The molecule has 4 fully saturated rings. The van der Waals surface area contributed by atoms with Crippen LogP contribution in [0, 0.1) is 0 Å². The summed E-state index contributed by atoms with van der Waals surface area (Å²) in [5.41, 5.74) is 58.7. The van der Waals surface area contributed by atoms with Crippen molar-refractivity contribution in [3.05, 3.63) is 206 Å². The predicted octanol–water partition coefficient (Wildman–Crippen LogP) is 12.8. The number of carbonyl (C=O) groups excluding carboxylic acids is 5. The third-order valence-electron chi connectivity index (χ3n) is 17.8. The van der Waals surface area contributed by atoms with Gasteiger partial charge in [0.2, 0.25) is 0 Å². The lowest BCUT2D eigenvalue weighted by Crippen LogP contribution is -2.60. The molecule has 2 heterocycles. The molecule has 2 aliphatic carbocycles. The second-order valence-corrected chi connectivity index (χ2v) is 25.5. The van der Waals surface area contributed by atoms with Crippen LogP contribution in [0.3, 0.4) is 0 Å². The summed E-state index contributed by atoms with van der Waals surface area (Å²) in [4.78, 5) is 79.7. The first-order valence-corrected chi connectivity index (χ1v) is 35.3. The Morgan fingerprint density at radius 2 is 0.796 bits per heavy atom. The van der Waals surface area contributed by atoms with E-state index in [1.165, 1.54) is 13.8 Å². The molecule has 580 valence electrons. The molecule has 0 aromatic heterocycles. The van der Waals surface area contributed by atoms with Crippen molar-refractivity contribution < 1.29 is 86.7 Å². The van der Waals surface area contributed by atoms with Crippen LogP contribution in [0.1, 0.15) is 121 Å². The molecule has 4 aliphatic rings. The number of aliphatic hydroxyl groups excluding tert-OH is 3. The minimum absolute atomic E-state index is 0.0330. The lowest BCUT2D eigenvalue weighted by Gasteiger charge is -2.45. The molecule has 4 aromatic rings. The van der Waals surface area contributed by atoms with Crippen molar-refractivity contribution in [2.75, 3.05) is 26.4 Å². The molecule has 18 atom stereocenters. The molecule has 3 N–H and O–H groups in total. The Morgan fingerprint density at radius 1 is 0.454 bits per heavy atom. The summed E-state index contributed by atoms with van der Waals surface area (Å²) in [6.07, 6.45) is -9.61. The maximum atomic E-state index is 14.0. The van der Waals surface area contributed by atoms with Gasteiger partial charge >= 0.3 is 30.1 Å². The third-order valence-corrected chi connectivity index (χ3v) is 17.8. The number of aliphatic hydroxyl groups is 3. The minimum atomic E-state index is -1.63. The van der Waals surface area contributed by atoms with Gasteiger partial charge in [-0.15, -0.1) is 0 Å². The first kappa shape index (κ1) is 86.4. The smallest absolute Gasteiger partial charge is 0.410 e. The molecule has 0 spiro atoms. The predicted molar refractivity (Wildman–Crippen MR) is 385 cm³/mol. The number of hydrogen-bond acceptors (Lipinski definition) is 24. The van der Waals surface area contributed by atoms with E-state index in [1.807, 2.05) is 135 Å². The molecule has 38 nitrogen and oxygen atoms in total. The molecule has 38 heteroatoms. The quantitative estimate of drug-likeness (QED) is 0.00758. The van der Waals surface area contributed by atoms with Crippen LogP contribution in [-0.2, 0) is 88.1 Å². The number of carbonyl (C=O) groups is 5. The molecule has 0 bridgehead atoms. The Balaban J connectivity index is 0.000000310. The Kier molecular flexibility index (Phi) is 37.8. The van der Waals surface area contributed by atoms with Gasteiger partial charge in [-0.3, -0.25) is 24.2 Å². The van der Waals surface area contributed by atoms with Gasteiger partial charge in [0.15, 0.2) is 12.6 Å². The number of rotatable bonds is 33. The van der Waals surface area contributed by atoms with Crippen LogP contribution >= 0.6 is 0 Å². The highest BCUT2D eigenvalue weighted by Gasteiger charge is 2.51. The zero-order valence-corrected chi connectivity index (χ0v) is 60.6. The Labute approximate surface area is 622 Å². The minimum Gasteiger partial charge on any atom is -0.459 e. The Hall–Kier alpha value is -10.5. The number of hydrogen-bond donors (Lipinski definition) is 3. The van der Waals surface area contributed by atoms with Crippen molar-refractivity contribution >= 4 is 30.1 Å². The zero-order chi connectivity index (χ0) is 78.2. The largest absolute Gasteiger partial charge is 0.459 e. The van der Waals surface area contributed by atoms with Crippen molar-refractivity contribution in [2.45, 2.75) is 235 Å². The van der Waals surface area contributed by atoms with Crippen molar-refractivity contribution in [1.29, 1.82) is 0 Å². The van der Waals surface area contributed by atoms with Crippen molar-refractivity contribution in [2.24, 2.45) is 30.7 Å². The monoisotopic (exact) mass is 1500 g/mol. The highest BCUT2D eigenvalue weighted by atomic mass is 16.7. The maximum Gasteiger partial charge on any atom is 0.410 e. The average Bonchev–Trinajstić information content (AvgIpc) is 0.793. The fraction of sp³-hybridized carbons (Fsp3) is 0.586. The molecule has 2 saturated carbocycles. The summed E-state index contributed by atoms with van der Waals surface area (Å²) < 4.78 is 58.5. The highest BCUT2D eigenvalue weighted by Crippen LogP contribution is 2.37. The number of esters is 3. The summed E-state index contributed by atoms with van der Waals surface area (Å²) in [6.45, 7) is 9.05. The van der Waals surface area contributed by atoms with E-state index in [4.69, 9.17) is 53.7 Å². The van der Waals surface area contributed by atoms with E-state index < -0.39 is 140 Å². The lowest BCUT2D eigenvalue weighted by molar-refractivity contribution is -0.263. The summed E-state index contributed by atoms with van der Waals surface area (Å²) in [5, 5.41) is 55.5. The molecule has 0 unspecified atom stereocenters. The van der Waals surface area contributed by atoms with Crippen molar-refractivity contribution in [3.63, 3.8) is 0 Å². The third kappa shape index (κ3) is 27.7. The summed E-state index contributed by atoms with van der Waals surface area (Å²) in [7, 11) is 0. The molecular weight excluding hydrogens is 1410 g/mol. The normalized spacial score (nSPS) is 25.3. The first-order chi connectivity index (χ1) is 52.3. The topological polar surface area (TPSA) is 537 Å². The van der Waals surface area contributed by atoms with E-state index in [2.05, 4.69) is 64.9 Å². The fourth-order valence-electron chi connectivity index (χ4n) is 12.5. The van der Waals surface area contributed by atoms with Crippen LogP contribution in [-0.4, -0.2) is 191 Å². The van der Waals surface area contributed by atoms with Crippen LogP contribution in [0.5, 0.6) is 0 Å². The summed E-state index contributed by atoms with van der Waals surface area (Å²) >= 11 is 0. The van der Waals surface area contributed by atoms with Gasteiger partial charge in [-0.05, 0) is 107 Å². The van der Waals surface area contributed by atoms with Gasteiger partial charge in [0, 0.05) is 76.5 Å². The van der Waals surface area contributed by atoms with Gasteiger partial charge in [-0.1, -0.05) is 179 Å². The maximum absolute atomic E-state index is 14.0. The Bertz CT molecular complexity index is 3750. The molecule has 2 saturated heterocycles. The number of azide groups is 6. The molecule has 108 heavy (non-hydrogen) atoms. The second-order valence-electron chi connectivity index (χ2n) is 25.5. The van der Waals surface area contributed by atoms with Gasteiger partial charge in [0.25, 0.3) is 0 Å². The number of nitrogens with zero attached hydrogens (tertiary/aromatic N) is 20. The van der Waals surface area contributed by atoms with E-state index in [1.54, 1.807) is 9.80 Å². The standard InChI is InChI=1S/C34H44N10O8.C32H42N10O7.C4H6O3/c1-3-4-17-48-21-28(44(19-23-11-7-5-8-12-23)34(47)49-20-24-13-9-6-10-14-24)29-16-15-25(38-41-35)33(51-29)52-32-27(40-43-37)18-26(39-42-36)31(30(32)46)50-22(2)45;1-2-3-16-46-20-26(42(18-21-10-6-4-7-11-21)32(45)47-19-22-12-8-5-9-13-22)27-15-14-23(36-39-33)31(48-27)49-30-25(38-41-35)17-24(37-40-34)28(43)29(30)44;1-3(5)7-4(2)6/h5-14,25-33,46H,3-4,15-21H2,1-2H3;4-13,23-31,43-44H,2-3,14-20H2,1H3;1-2H3/t25-,26-,27+,28-,29+,30-,31+,32-,33-;23-,24-,25+,26-,27+,28+,29-,30-,31-;/m11./s1. The molecule has 0 radical (unpaired) electrons. The number of benzene rings is 4. The molecular formula is C70H92N20O18. The van der Waals surface area contributed by atoms with Gasteiger partial charge in [-0.25, -0.2) is 9.59 Å². The highest BCUT2D eigenvalue weighted by molar-refractivity contribution is 5.82. The van der Waals surface area contributed by atoms with Gasteiger partial charge in [-0.2, -0.15) is 0 Å². The Morgan fingerprint density at radius 3 is 1.15 bits per heavy atom. The van der Waals surface area contributed by atoms with Gasteiger partial charge < -0.3 is 62.7 Å². The van der Waals surface area contributed by atoms with Crippen LogP contribution < -0.4 is 0 Å². The fourth-order valence-corrected chi connectivity index (χ4v) is 12.5. The van der Waals surface area contributed by atoms with E-state index in [9.17, 15) is 61.4 Å². The number of amides is 2. The van der Waals surface area contributed by atoms with Crippen molar-refractivity contribution in [3.8, 4) is 0 Å². The first-order valence-electron chi connectivity index (χ1n) is 35.3. The molecule has 2 aliphatic heterocycles. The summed E-state index contributed by atoms with van der Waals surface area (Å²) in [5.74, 6) is -1.87. The van der Waals surface area contributed by atoms with E-state index in [0.29, 0.717) is 26.1 Å².